The number of unbranched alkanes of at least 4 members (excludes halogenated alkanes) is 2. The van der Waals surface area contributed by atoms with Gasteiger partial charge in [0.05, 0.1) is 13.0 Å². The van der Waals surface area contributed by atoms with Gasteiger partial charge in [-0.25, -0.2) is 4.79 Å². The van der Waals surface area contributed by atoms with Gasteiger partial charge in [0, 0.05) is 13.1 Å². The zero-order valence-corrected chi connectivity index (χ0v) is 21.8. The van der Waals surface area contributed by atoms with Crippen LogP contribution in [0.3, 0.4) is 0 Å². The van der Waals surface area contributed by atoms with Crippen molar-refractivity contribution in [3.05, 3.63) is 29.3 Å². The molecule has 1 aromatic rings. The van der Waals surface area contributed by atoms with Gasteiger partial charge in [0.1, 0.15) is 23.4 Å². The van der Waals surface area contributed by atoms with Crippen LogP contribution < -0.4 is 16.4 Å². The predicted octanol–water partition coefficient (Wildman–Crippen LogP) is 1.64. The van der Waals surface area contributed by atoms with Gasteiger partial charge >= 0.3 is 6.09 Å². The Morgan fingerprint density at radius 3 is 2.36 bits per heavy atom. The molecule has 0 bridgehead atoms. The summed E-state index contributed by atoms with van der Waals surface area (Å²) in [4.78, 5) is 52.1. The summed E-state index contributed by atoms with van der Waals surface area (Å²) >= 11 is 0. The van der Waals surface area contributed by atoms with Crippen LogP contribution in [0.4, 0.5) is 4.79 Å². The van der Waals surface area contributed by atoms with E-state index >= 15 is 0 Å². The number of primary amides is 1. The number of nitrogens with zero attached hydrogens (tertiary/aromatic N) is 1. The molecule has 0 aliphatic carbocycles. The normalized spacial score (nSPS) is 12.8. The molecule has 36 heavy (non-hydrogen) atoms. The highest BCUT2D eigenvalue weighted by Gasteiger charge is 2.36. The summed E-state index contributed by atoms with van der Waals surface area (Å²) in [6.07, 6.45) is 1.12. The van der Waals surface area contributed by atoms with E-state index in [2.05, 4.69) is 10.6 Å². The highest BCUT2D eigenvalue weighted by atomic mass is 16.6. The van der Waals surface area contributed by atoms with Crippen LogP contribution >= 0.6 is 0 Å². The van der Waals surface area contributed by atoms with Gasteiger partial charge in [-0.3, -0.25) is 14.4 Å². The van der Waals surface area contributed by atoms with Crippen LogP contribution in [-0.4, -0.2) is 70.3 Å². The highest BCUT2D eigenvalue weighted by Crippen LogP contribution is 2.27. The Morgan fingerprint density at radius 2 is 1.83 bits per heavy atom. The van der Waals surface area contributed by atoms with E-state index in [1.165, 1.54) is 12.1 Å². The number of rotatable bonds is 13. The molecule has 11 nitrogen and oxygen atoms in total. The number of amides is 4. The van der Waals surface area contributed by atoms with Crippen molar-refractivity contribution in [3.63, 3.8) is 0 Å². The lowest BCUT2D eigenvalue weighted by atomic mass is 9.99. The number of carbonyl (C=O) groups excluding carboxylic acids is 4. The fraction of sp³-hybridized carbons (Fsp3) is 0.600. The SMILES string of the molecule is CCCCCNC(=O)C(c1ccc(O)c(C)c1)N(CCO)C(=O)C(CC(N)=O)NC(=O)OC(C)(C)C. The van der Waals surface area contributed by atoms with Crippen molar-refractivity contribution in [2.45, 2.75) is 78.0 Å². The lowest BCUT2D eigenvalue weighted by Crippen LogP contribution is -2.54. The molecule has 1 aromatic carbocycles. The number of aliphatic hydroxyl groups excluding tert-OH is 1. The van der Waals surface area contributed by atoms with Crippen molar-refractivity contribution in [1.82, 2.24) is 15.5 Å². The van der Waals surface area contributed by atoms with Crippen LogP contribution in [0.1, 0.15) is 70.5 Å². The van der Waals surface area contributed by atoms with Gasteiger partial charge < -0.3 is 36.2 Å². The number of carbonyl (C=O) groups is 4. The number of phenols is 1. The summed E-state index contributed by atoms with van der Waals surface area (Å²) < 4.78 is 5.21. The van der Waals surface area contributed by atoms with Gasteiger partial charge in [0.25, 0.3) is 0 Å². The van der Waals surface area contributed by atoms with Gasteiger partial charge in [-0.05, 0) is 57.4 Å². The smallest absolute Gasteiger partial charge is 0.408 e. The monoisotopic (exact) mass is 508 g/mol. The second kappa shape index (κ2) is 14.3. The van der Waals surface area contributed by atoms with Gasteiger partial charge in [-0.1, -0.05) is 25.8 Å². The van der Waals surface area contributed by atoms with E-state index in [1.807, 2.05) is 6.92 Å². The lowest BCUT2D eigenvalue weighted by Gasteiger charge is -2.34. The molecule has 0 aliphatic rings. The fourth-order valence-corrected chi connectivity index (χ4v) is 3.53. The Labute approximate surface area is 212 Å². The molecule has 2 unspecified atom stereocenters. The molecule has 1 rings (SSSR count). The molecule has 0 saturated heterocycles. The predicted molar refractivity (Wildman–Crippen MR) is 134 cm³/mol. The first-order valence-corrected chi connectivity index (χ1v) is 12.1. The number of nitrogens with one attached hydrogen (secondary N) is 2. The number of alkyl carbamates (subject to hydrolysis) is 1. The molecular weight excluding hydrogens is 468 g/mol. The van der Waals surface area contributed by atoms with Crippen LogP contribution in [0.5, 0.6) is 5.75 Å². The van der Waals surface area contributed by atoms with Crippen molar-refractivity contribution in [2.75, 3.05) is 19.7 Å². The molecule has 11 heteroatoms. The molecule has 0 radical (unpaired) electrons. The topological polar surface area (TPSA) is 171 Å². The van der Waals surface area contributed by atoms with Crippen molar-refractivity contribution in [1.29, 1.82) is 0 Å². The van der Waals surface area contributed by atoms with Crippen molar-refractivity contribution < 1.29 is 34.1 Å². The third-order valence-corrected chi connectivity index (χ3v) is 5.19. The molecule has 0 saturated carbocycles. The molecule has 4 amide bonds. The number of ether oxygens (including phenoxy) is 1. The van der Waals surface area contributed by atoms with Crippen molar-refractivity contribution in [3.8, 4) is 5.75 Å². The van der Waals surface area contributed by atoms with Gasteiger partial charge in [-0.2, -0.15) is 0 Å². The summed E-state index contributed by atoms with van der Waals surface area (Å²) in [7, 11) is 0. The van der Waals surface area contributed by atoms with E-state index in [9.17, 15) is 29.4 Å². The average molecular weight is 509 g/mol. The number of benzene rings is 1. The zero-order chi connectivity index (χ0) is 27.5. The Kier molecular flexibility index (Phi) is 12.2. The van der Waals surface area contributed by atoms with Gasteiger partial charge in [0.2, 0.25) is 17.7 Å². The molecule has 0 aliphatic heterocycles. The van der Waals surface area contributed by atoms with Crippen LogP contribution in [0.2, 0.25) is 0 Å². The quantitative estimate of drug-likeness (QED) is 0.252. The minimum atomic E-state index is -1.43. The largest absolute Gasteiger partial charge is 0.508 e. The summed E-state index contributed by atoms with van der Waals surface area (Å²) in [5, 5.41) is 24.9. The number of nitrogens with two attached hydrogens (primary N) is 1. The number of aromatic hydroxyl groups is 1. The van der Waals surface area contributed by atoms with Crippen LogP contribution in [-0.2, 0) is 19.1 Å². The van der Waals surface area contributed by atoms with E-state index in [1.54, 1.807) is 33.8 Å². The molecule has 2 atom stereocenters. The first-order valence-electron chi connectivity index (χ1n) is 12.1. The number of aryl methyl sites for hydroxylation is 1. The third kappa shape index (κ3) is 10.1. The molecule has 0 aromatic heterocycles. The van der Waals surface area contributed by atoms with E-state index < -0.39 is 54.5 Å². The number of phenolic OH excluding ortho intramolecular Hbond substituents is 1. The Balaban J connectivity index is 3.41. The third-order valence-electron chi connectivity index (χ3n) is 5.19. The highest BCUT2D eigenvalue weighted by molar-refractivity contribution is 5.94. The van der Waals surface area contributed by atoms with E-state index in [4.69, 9.17) is 10.5 Å². The average Bonchev–Trinajstić information content (AvgIpc) is 2.76. The zero-order valence-electron chi connectivity index (χ0n) is 21.8. The first-order chi connectivity index (χ1) is 16.8. The summed E-state index contributed by atoms with van der Waals surface area (Å²) in [6, 6.07) is 1.83. The van der Waals surface area contributed by atoms with Crippen LogP contribution in [0.25, 0.3) is 0 Å². The van der Waals surface area contributed by atoms with Crippen LogP contribution in [0, 0.1) is 6.92 Å². The van der Waals surface area contributed by atoms with Crippen molar-refractivity contribution >= 4 is 23.8 Å². The maximum absolute atomic E-state index is 13.6. The Bertz CT molecular complexity index is 914. The number of aliphatic hydroxyl groups is 1. The van der Waals surface area contributed by atoms with E-state index in [0.29, 0.717) is 17.7 Å². The number of hydrogen-bond acceptors (Lipinski definition) is 7. The molecular formula is C25H40N4O7. The standard InChI is InChI=1S/C25H40N4O7/c1-6-7-8-11-27-22(33)21(17-9-10-19(31)16(2)14-17)29(12-13-30)23(34)18(15-20(26)32)28-24(35)36-25(3,4)5/h9-10,14,18,21,30-31H,6-8,11-13,15H2,1-5H3,(H2,26,32)(H,27,33)(H,28,35). The minimum absolute atomic E-state index is 0.0130. The molecule has 0 heterocycles. The fourth-order valence-electron chi connectivity index (χ4n) is 3.53. The molecule has 0 spiro atoms. The summed E-state index contributed by atoms with van der Waals surface area (Å²) in [6.45, 7) is 8.22. The number of hydrogen-bond donors (Lipinski definition) is 5. The molecule has 6 N–H and O–H groups in total. The maximum atomic E-state index is 13.6. The lowest BCUT2D eigenvalue weighted by molar-refractivity contribution is -0.143. The summed E-state index contributed by atoms with van der Waals surface area (Å²) in [5.74, 6) is -2.14. The minimum Gasteiger partial charge on any atom is -0.508 e. The Morgan fingerprint density at radius 1 is 1.17 bits per heavy atom. The first kappa shape index (κ1) is 30.7. The van der Waals surface area contributed by atoms with E-state index in [0.717, 1.165) is 24.2 Å². The Hall–Kier alpha value is -3.34. The van der Waals surface area contributed by atoms with E-state index in [-0.39, 0.29) is 12.3 Å². The van der Waals surface area contributed by atoms with Gasteiger partial charge in [0.15, 0.2) is 0 Å². The van der Waals surface area contributed by atoms with Crippen molar-refractivity contribution in [2.24, 2.45) is 5.73 Å². The van der Waals surface area contributed by atoms with Crippen LogP contribution in [0.15, 0.2) is 18.2 Å². The second-order valence-electron chi connectivity index (χ2n) is 9.57. The maximum Gasteiger partial charge on any atom is 0.408 e. The molecule has 0 fully saturated rings. The second-order valence-corrected chi connectivity index (χ2v) is 9.57. The van der Waals surface area contributed by atoms with Gasteiger partial charge in [-0.15, -0.1) is 0 Å². The summed E-state index contributed by atoms with van der Waals surface area (Å²) in [5.41, 5.74) is 5.33. The molecule has 202 valence electrons.